The highest BCUT2D eigenvalue weighted by Gasteiger charge is 2.32. The van der Waals surface area contributed by atoms with Crippen LogP contribution in [0, 0.1) is 18.3 Å². The number of carbonyl (C=O) groups is 3. The van der Waals surface area contributed by atoms with E-state index in [0.717, 1.165) is 16.7 Å². The maximum Gasteiger partial charge on any atom is 0.414 e. The van der Waals surface area contributed by atoms with Gasteiger partial charge in [0.15, 0.2) is 5.78 Å². The summed E-state index contributed by atoms with van der Waals surface area (Å²) in [5.74, 6) is -0.653. The van der Waals surface area contributed by atoms with E-state index in [2.05, 4.69) is 6.07 Å². The van der Waals surface area contributed by atoms with Crippen molar-refractivity contribution in [1.29, 1.82) is 5.26 Å². The summed E-state index contributed by atoms with van der Waals surface area (Å²) in [7, 11) is 0. The van der Waals surface area contributed by atoms with Gasteiger partial charge in [0.2, 0.25) is 0 Å². The first-order valence-electron chi connectivity index (χ1n) is 11.9. The summed E-state index contributed by atoms with van der Waals surface area (Å²) in [5.41, 5.74) is 4.71. The zero-order valence-electron chi connectivity index (χ0n) is 21.4. The molecule has 0 N–H and O–H groups in total. The second-order valence-corrected chi connectivity index (χ2v) is 9.86. The van der Waals surface area contributed by atoms with E-state index in [1.165, 1.54) is 11.8 Å². The second-order valence-electron chi connectivity index (χ2n) is 9.86. The first-order valence-corrected chi connectivity index (χ1v) is 11.9. The van der Waals surface area contributed by atoms with Gasteiger partial charge in [-0.1, -0.05) is 0 Å². The third-order valence-corrected chi connectivity index (χ3v) is 6.10. The van der Waals surface area contributed by atoms with Crippen LogP contribution in [0.2, 0.25) is 0 Å². The fraction of sp³-hybridized carbons (Fsp3) is 0.357. The van der Waals surface area contributed by atoms with Crippen molar-refractivity contribution < 1.29 is 23.9 Å². The molecule has 8 nitrogen and oxygen atoms in total. The Balaban J connectivity index is 1.83. The molecule has 0 bridgehead atoms. The van der Waals surface area contributed by atoms with Crippen molar-refractivity contribution in [2.24, 2.45) is 0 Å². The standard InChI is InChI=1S/C28H29N3O5/c1-7-35-26(33)23-13-22-12-21(15-31(22)24(16(23)2)17(3)32)19-10-18-8-9-30(25(18)20(11-19)14-29)27(34)36-28(4,5)6/h10-13,15H,7-9H2,1-6H3. The molecule has 0 saturated heterocycles. The molecule has 0 unspecified atom stereocenters. The monoisotopic (exact) mass is 487 g/mol. The van der Waals surface area contributed by atoms with Crippen molar-refractivity contribution in [1.82, 2.24) is 4.40 Å². The molecule has 3 heterocycles. The van der Waals surface area contributed by atoms with Crippen LogP contribution in [0.4, 0.5) is 10.5 Å². The van der Waals surface area contributed by atoms with Gasteiger partial charge in [-0.15, -0.1) is 0 Å². The third-order valence-electron chi connectivity index (χ3n) is 6.10. The van der Waals surface area contributed by atoms with Crippen LogP contribution in [0.3, 0.4) is 0 Å². The van der Waals surface area contributed by atoms with E-state index in [0.29, 0.717) is 46.6 Å². The van der Waals surface area contributed by atoms with Gasteiger partial charge in [-0.3, -0.25) is 9.69 Å². The van der Waals surface area contributed by atoms with Crippen molar-refractivity contribution in [2.45, 2.75) is 53.6 Å². The lowest BCUT2D eigenvalue weighted by Gasteiger charge is -2.25. The molecule has 1 amide bonds. The Morgan fingerprint density at radius 3 is 2.44 bits per heavy atom. The van der Waals surface area contributed by atoms with Crippen molar-refractivity contribution in [2.75, 3.05) is 18.1 Å². The number of nitriles is 1. The number of fused-ring (bicyclic) bond motifs is 2. The lowest BCUT2D eigenvalue weighted by Crippen LogP contribution is -2.36. The van der Waals surface area contributed by atoms with Gasteiger partial charge in [0.25, 0.3) is 0 Å². The summed E-state index contributed by atoms with van der Waals surface area (Å²) >= 11 is 0. The average Bonchev–Trinajstić information content (AvgIpc) is 3.40. The number of hydrogen-bond donors (Lipinski definition) is 0. The Kier molecular flexibility index (Phi) is 6.35. The molecule has 2 aromatic heterocycles. The smallest absolute Gasteiger partial charge is 0.414 e. The topological polar surface area (TPSA) is 101 Å². The Bertz CT molecular complexity index is 1450. The Morgan fingerprint density at radius 2 is 1.83 bits per heavy atom. The number of ketones is 1. The molecule has 4 rings (SSSR count). The van der Waals surface area contributed by atoms with Gasteiger partial charge in [-0.25, -0.2) is 9.59 Å². The quantitative estimate of drug-likeness (QED) is 0.358. The number of aromatic nitrogens is 1. The van der Waals surface area contributed by atoms with Crippen molar-refractivity contribution in [3.8, 4) is 17.2 Å². The number of hydrogen-bond acceptors (Lipinski definition) is 6. The van der Waals surface area contributed by atoms with Crippen LogP contribution in [0.5, 0.6) is 0 Å². The minimum absolute atomic E-state index is 0.175. The number of ether oxygens (including phenoxy) is 2. The maximum atomic E-state index is 12.8. The SMILES string of the molecule is CCOC(=O)c1cc2cc(-c3cc(C#N)c4c(c3)CCN4C(=O)OC(C)(C)C)cn2c(C(C)=O)c1C. The Morgan fingerprint density at radius 1 is 1.11 bits per heavy atom. The van der Waals surface area contributed by atoms with Crippen LogP contribution in [0.1, 0.15) is 72.2 Å². The van der Waals surface area contributed by atoms with E-state index in [1.54, 1.807) is 51.2 Å². The van der Waals surface area contributed by atoms with Crippen molar-refractivity contribution in [3.63, 3.8) is 0 Å². The first kappa shape index (κ1) is 25.0. The summed E-state index contributed by atoms with van der Waals surface area (Å²) in [5, 5.41) is 9.92. The molecule has 0 radical (unpaired) electrons. The van der Waals surface area contributed by atoms with Crippen molar-refractivity contribution in [3.05, 3.63) is 58.4 Å². The molecule has 0 saturated carbocycles. The predicted octanol–water partition coefficient (Wildman–Crippen LogP) is 5.46. The minimum Gasteiger partial charge on any atom is -0.462 e. The van der Waals surface area contributed by atoms with E-state index in [9.17, 15) is 19.6 Å². The highest BCUT2D eigenvalue weighted by atomic mass is 16.6. The molecular weight excluding hydrogens is 458 g/mol. The van der Waals surface area contributed by atoms with E-state index in [1.807, 2.05) is 18.3 Å². The molecule has 186 valence electrons. The summed E-state index contributed by atoms with van der Waals surface area (Å²) in [6.45, 7) is 11.0. The van der Waals surface area contributed by atoms with E-state index in [-0.39, 0.29) is 12.4 Å². The lowest BCUT2D eigenvalue weighted by atomic mass is 9.99. The highest BCUT2D eigenvalue weighted by Crippen LogP contribution is 2.37. The van der Waals surface area contributed by atoms with E-state index < -0.39 is 17.7 Å². The molecule has 0 atom stereocenters. The van der Waals surface area contributed by atoms with Crippen LogP contribution in [0.15, 0.2) is 30.5 Å². The molecule has 36 heavy (non-hydrogen) atoms. The number of esters is 1. The number of Topliss-reactive ketones (excluding diaryl/α,β-unsaturated/α-hetero) is 1. The summed E-state index contributed by atoms with van der Waals surface area (Å²) in [6, 6.07) is 9.51. The zero-order valence-corrected chi connectivity index (χ0v) is 21.4. The molecule has 0 aliphatic carbocycles. The van der Waals surface area contributed by atoms with Gasteiger partial charge in [-0.2, -0.15) is 5.26 Å². The number of anilines is 1. The number of nitrogens with zero attached hydrogens (tertiary/aromatic N) is 3. The predicted molar refractivity (Wildman–Crippen MR) is 136 cm³/mol. The van der Waals surface area contributed by atoms with E-state index >= 15 is 0 Å². The van der Waals surface area contributed by atoms with Crippen LogP contribution in [0.25, 0.3) is 16.6 Å². The van der Waals surface area contributed by atoms with Crippen LogP contribution < -0.4 is 4.90 Å². The number of carbonyl (C=O) groups excluding carboxylic acids is 3. The van der Waals surface area contributed by atoms with Crippen LogP contribution in [-0.2, 0) is 15.9 Å². The maximum absolute atomic E-state index is 12.8. The van der Waals surface area contributed by atoms with Crippen LogP contribution in [-0.4, -0.2) is 41.0 Å². The summed E-state index contributed by atoms with van der Waals surface area (Å²) in [4.78, 5) is 39.3. The van der Waals surface area contributed by atoms with Gasteiger partial charge in [0.1, 0.15) is 11.7 Å². The fourth-order valence-corrected chi connectivity index (χ4v) is 4.66. The number of amides is 1. The van der Waals surface area contributed by atoms with Gasteiger partial charge < -0.3 is 13.9 Å². The van der Waals surface area contributed by atoms with Gasteiger partial charge in [0, 0.05) is 30.7 Å². The van der Waals surface area contributed by atoms with Crippen molar-refractivity contribution >= 4 is 29.0 Å². The highest BCUT2D eigenvalue weighted by molar-refractivity contribution is 6.01. The molecule has 8 heteroatoms. The third kappa shape index (κ3) is 4.44. The molecule has 0 fully saturated rings. The molecule has 1 aliphatic heterocycles. The molecule has 1 aliphatic rings. The van der Waals surface area contributed by atoms with Gasteiger partial charge >= 0.3 is 12.1 Å². The lowest BCUT2D eigenvalue weighted by molar-refractivity contribution is 0.0523. The number of pyridine rings is 1. The van der Waals surface area contributed by atoms with Gasteiger partial charge in [0.05, 0.1) is 29.1 Å². The minimum atomic E-state index is -0.645. The Labute approximate surface area is 210 Å². The molecule has 1 aromatic carbocycles. The molecular formula is C28H29N3O5. The zero-order chi connectivity index (χ0) is 26.4. The molecule has 3 aromatic rings. The Hall–Kier alpha value is -4.12. The second kappa shape index (κ2) is 9.15. The average molecular weight is 488 g/mol. The van der Waals surface area contributed by atoms with E-state index in [4.69, 9.17) is 9.47 Å². The molecule has 0 spiro atoms. The normalized spacial score (nSPS) is 12.9. The van der Waals surface area contributed by atoms with Crippen LogP contribution >= 0.6 is 0 Å². The largest absolute Gasteiger partial charge is 0.462 e. The fourth-order valence-electron chi connectivity index (χ4n) is 4.66. The summed E-state index contributed by atoms with van der Waals surface area (Å²) in [6.07, 6.45) is 1.94. The number of benzene rings is 1. The number of rotatable bonds is 4. The summed E-state index contributed by atoms with van der Waals surface area (Å²) < 4.78 is 12.5. The van der Waals surface area contributed by atoms with Gasteiger partial charge in [-0.05, 0) is 82.0 Å². The first-order chi connectivity index (χ1) is 16.9.